The molecule has 0 fully saturated rings. The van der Waals surface area contributed by atoms with Crippen molar-refractivity contribution in [2.45, 2.75) is 52.6 Å². The number of carbonyl (C=O) groups excluding carboxylic acids is 1. The van der Waals surface area contributed by atoms with Gasteiger partial charge >= 0.3 is 5.97 Å². The number of hydrogen-bond donors (Lipinski definition) is 1. The highest BCUT2D eigenvalue weighted by molar-refractivity contribution is 5.69. The van der Waals surface area contributed by atoms with E-state index in [1.165, 1.54) is 0 Å². The van der Waals surface area contributed by atoms with Gasteiger partial charge in [-0.05, 0) is 36.7 Å². The van der Waals surface area contributed by atoms with Gasteiger partial charge in [0, 0.05) is 13.0 Å². The van der Waals surface area contributed by atoms with Crippen molar-refractivity contribution in [2.75, 3.05) is 13.2 Å². The van der Waals surface area contributed by atoms with Crippen LogP contribution in [0.25, 0.3) is 0 Å². The highest BCUT2D eigenvalue weighted by atomic mass is 16.5. The molecule has 0 spiro atoms. The Kier molecular flexibility index (Phi) is 7.72. The molecule has 1 aromatic heterocycles. The molecule has 0 aliphatic carbocycles. The normalized spacial score (nSPS) is 10.6. The summed E-state index contributed by atoms with van der Waals surface area (Å²) in [6.07, 6.45) is 3.39. The fraction of sp³-hybridized carbons (Fsp3) is 0.833. The molecular weight excluding hydrogens is 246 g/mol. The monoisotopic (exact) mass is 269 g/mol. The van der Waals surface area contributed by atoms with Crippen LogP contribution in [0.3, 0.4) is 0 Å². The molecule has 1 rings (SSSR count). The fourth-order valence-electron chi connectivity index (χ4n) is 1.62. The zero-order valence-corrected chi connectivity index (χ0v) is 11.8. The van der Waals surface area contributed by atoms with Gasteiger partial charge in [0.2, 0.25) is 0 Å². The predicted molar refractivity (Wildman–Crippen MR) is 70.3 cm³/mol. The van der Waals surface area contributed by atoms with E-state index in [1.807, 2.05) is 11.6 Å². The third-order valence-electron chi connectivity index (χ3n) is 2.65. The van der Waals surface area contributed by atoms with Crippen molar-refractivity contribution in [3.8, 4) is 0 Å². The van der Waals surface area contributed by atoms with Gasteiger partial charge in [0.05, 0.1) is 13.2 Å². The Morgan fingerprint density at radius 1 is 1.37 bits per heavy atom. The number of nitrogens with zero attached hydrogens (tertiary/aromatic N) is 4. The molecule has 0 atom stereocenters. The Balaban J connectivity index is 2.15. The molecule has 7 heteroatoms. The molecule has 1 N–H and O–H groups in total. The maximum Gasteiger partial charge on any atom is 0.305 e. The summed E-state index contributed by atoms with van der Waals surface area (Å²) in [7, 11) is 0. The quantitative estimate of drug-likeness (QED) is 0.502. The van der Waals surface area contributed by atoms with Crippen LogP contribution in [0.4, 0.5) is 0 Å². The van der Waals surface area contributed by atoms with Gasteiger partial charge in [0.25, 0.3) is 0 Å². The van der Waals surface area contributed by atoms with Gasteiger partial charge in [-0.25, -0.2) is 4.68 Å². The first-order chi connectivity index (χ1) is 9.27. The van der Waals surface area contributed by atoms with Gasteiger partial charge in [-0.15, -0.1) is 5.10 Å². The summed E-state index contributed by atoms with van der Waals surface area (Å²) in [6.45, 7) is 6.62. The Morgan fingerprint density at radius 2 is 2.21 bits per heavy atom. The molecule has 0 aromatic carbocycles. The van der Waals surface area contributed by atoms with Crippen molar-refractivity contribution >= 4 is 5.97 Å². The van der Waals surface area contributed by atoms with E-state index in [0.717, 1.165) is 38.2 Å². The number of aryl methyl sites for hydroxylation is 1. The summed E-state index contributed by atoms with van der Waals surface area (Å²) in [5.74, 6) is 0.696. The number of carbonyl (C=O) groups is 1. The molecule has 0 saturated heterocycles. The summed E-state index contributed by atoms with van der Waals surface area (Å²) < 4.78 is 6.68. The number of esters is 1. The smallest absolute Gasteiger partial charge is 0.305 e. The Morgan fingerprint density at radius 3 is 2.95 bits per heavy atom. The number of ether oxygens (including phenoxy) is 1. The third kappa shape index (κ3) is 6.28. The van der Waals surface area contributed by atoms with E-state index in [4.69, 9.17) is 4.74 Å². The van der Waals surface area contributed by atoms with Crippen molar-refractivity contribution in [3.05, 3.63) is 5.82 Å². The van der Waals surface area contributed by atoms with Crippen LogP contribution in [0, 0.1) is 0 Å². The van der Waals surface area contributed by atoms with E-state index >= 15 is 0 Å². The maximum absolute atomic E-state index is 11.1. The summed E-state index contributed by atoms with van der Waals surface area (Å²) in [5.41, 5.74) is 0. The highest BCUT2D eigenvalue weighted by Crippen LogP contribution is 1.97. The van der Waals surface area contributed by atoms with Gasteiger partial charge in [-0.3, -0.25) is 4.79 Å². The molecule has 0 amide bonds. The molecule has 0 radical (unpaired) electrons. The second-order valence-corrected chi connectivity index (χ2v) is 4.26. The first kappa shape index (κ1) is 15.6. The molecule has 0 bridgehead atoms. The van der Waals surface area contributed by atoms with Gasteiger partial charge < -0.3 is 10.1 Å². The zero-order valence-electron chi connectivity index (χ0n) is 11.8. The van der Waals surface area contributed by atoms with Crippen LogP contribution in [0.5, 0.6) is 0 Å². The van der Waals surface area contributed by atoms with E-state index in [0.29, 0.717) is 19.6 Å². The molecular formula is C12H23N5O2. The summed E-state index contributed by atoms with van der Waals surface area (Å²) in [4.78, 5) is 11.1. The van der Waals surface area contributed by atoms with Crippen LogP contribution < -0.4 is 5.32 Å². The Hall–Kier alpha value is -1.50. The number of hydrogen-bond acceptors (Lipinski definition) is 6. The second-order valence-electron chi connectivity index (χ2n) is 4.26. The average Bonchev–Trinajstić information content (AvgIpc) is 2.84. The predicted octanol–water partition coefficient (Wildman–Crippen LogP) is 0.906. The topological polar surface area (TPSA) is 81.9 Å². The zero-order chi connectivity index (χ0) is 13.9. The third-order valence-corrected chi connectivity index (χ3v) is 2.65. The minimum atomic E-state index is -0.142. The standard InChI is InChI=1S/C12H23N5O2/c1-3-5-9-17-11(14-15-16-17)10-13-8-6-7-12(18)19-4-2/h13H,3-10H2,1-2H3. The van der Waals surface area contributed by atoms with Crippen molar-refractivity contribution in [1.29, 1.82) is 0 Å². The van der Waals surface area contributed by atoms with E-state index in [1.54, 1.807) is 0 Å². The molecule has 0 aliphatic heterocycles. The maximum atomic E-state index is 11.1. The largest absolute Gasteiger partial charge is 0.466 e. The number of nitrogens with one attached hydrogen (secondary N) is 1. The first-order valence-corrected chi connectivity index (χ1v) is 6.89. The first-order valence-electron chi connectivity index (χ1n) is 6.89. The van der Waals surface area contributed by atoms with Crippen molar-refractivity contribution in [3.63, 3.8) is 0 Å². The highest BCUT2D eigenvalue weighted by Gasteiger charge is 2.05. The fourth-order valence-corrected chi connectivity index (χ4v) is 1.62. The van der Waals surface area contributed by atoms with Gasteiger partial charge in [-0.1, -0.05) is 13.3 Å². The van der Waals surface area contributed by atoms with Crippen LogP contribution in [-0.4, -0.2) is 39.3 Å². The lowest BCUT2D eigenvalue weighted by atomic mass is 10.3. The molecule has 19 heavy (non-hydrogen) atoms. The molecule has 7 nitrogen and oxygen atoms in total. The lowest BCUT2D eigenvalue weighted by Gasteiger charge is -2.05. The molecule has 1 heterocycles. The second kappa shape index (κ2) is 9.43. The van der Waals surface area contributed by atoms with Gasteiger partial charge in [-0.2, -0.15) is 0 Å². The lowest BCUT2D eigenvalue weighted by Crippen LogP contribution is -2.19. The van der Waals surface area contributed by atoms with Crippen molar-refractivity contribution in [1.82, 2.24) is 25.5 Å². The molecule has 0 aliphatic rings. The molecule has 1 aromatic rings. The SMILES string of the molecule is CCCCn1nnnc1CNCCCC(=O)OCC. The number of tetrazole rings is 1. The van der Waals surface area contributed by atoms with Crippen LogP contribution >= 0.6 is 0 Å². The number of unbranched alkanes of at least 4 members (excludes halogenated alkanes) is 1. The summed E-state index contributed by atoms with van der Waals surface area (Å²) in [5, 5.41) is 14.8. The molecule has 0 saturated carbocycles. The van der Waals surface area contributed by atoms with Gasteiger partial charge in [0.15, 0.2) is 5.82 Å². The number of aromatic nitrogens is 4. The van der Waals surface area contributed by atoms with Crippen LogP contribution in [0.1, 0.15) is 45.4 Å². The van der Waals surface area contributed by atoms with Crippen LogP contribution in [0.15, 0.2) is 0 Å². The Labute approximate surface area is 113 Å². The van der Waals surface area contributed by atoms with E-state index in [-0.39, 0.29) is 5.97 Å². The minimum Gasteiger partial charge on any atom is -0.466 e. The lowest BCUT2D eigenvalue weighted by molar-refractivity contribution is -0.143. The summed E-state index contributed by atoms with van der Waals surface area (Å²) >= 11 is 0. The van der Waals surface area contributed by atoms with E-state index < -0.39 is 0 Å². The number of rotatable bonds is 10. The van der Waals surface area contributed by atoms with E-state index in [2.05, 4.69) is 27.8 Å². The van der Waals surface area contributed by atoms with Crippen molar-refractivity contribution in [2.24, 2.45) is 0 Å². The minimum absolute atomic E-state index is 0.142. The van der Waals surface area contributed by atoms with Crippen molar-refractivity contribution < 1.29 is 9.53 Å². The van der Waals surface area contributed by atoms with Gasteiger partial charge in [0.1, 0.15) is 0 Å². The Bertz CT molecular complexity index is 367. The average molecular weight is 269 g/mol. The summed E-state index contributed by atoms with van der Waals surface area (Å²) in [6, 6.07) is 0. The molecule has 108 valence electrons. The molecule has 0 unspecified atom stereocenters. The van der Waals surface area contributed by atoms with Crippen LogP contribution in [0.2, 0.25) is 0 Å². The van der Waals surface area contributed by atoms with Crippen LogP contribution in [-0.2, 0) is 22.6 Å². The van der Waals surface area contributed by atoms with E-state index in [9.17, 15) is 4.79 Å².